The quantitative estimate of drug-likeness (QED) is 0.381. The highest BCUT2D eigenvalue weighted by Gasteiger charge is 2.43. The van der Waals surface area contributed by atoms with E-state index in [4.69, 9.17) is 0 Å². The van der Waals surface area contributed by atoms with Gasteiger partial charge in [0.05, 0.1) is 0 Å². The van der Waals surface area contributed by atoms with Crippen LogP contribution in [0.25, 0.3) is 0 Å². The molecule has 0 nitrogen and oxygen atoms in total. The Morgan fingerprint density at radius 3 is 2.28 bits per heavy atom. The van der Waals surface area contributed by atoms with Gasteiger partial charge in [-0.05, 0) is 86.7 Å². The van der Waals surface area contributed by atoms with Crippen molar-refractivity contribution in [1.29, 1.82) is 0 Å². The number of aryl methyl sites for hydroxylation is 1. The first-order valence-electron chi connectivity index (χ1n) is 12.1. The molecule has 2 aliphatic carbocycles. The maximum Gasteiger partial charge on any atom is 0.251 e. The normalized spacial score (nSPS) is 29.9. The van der Waals surface area contributed by atoms with Gasteiger partial charge in [0.2, 0.25) is 0 Å². The first-order valence-corrected chi connectivity index (χ1v) is 12.1. The Bertz CT molecular complexity index is 622. The Hall–Kier alpha value is -1.18. The summed E-state index contributed by atoms with van der Waals surface area (Å²) in [4.78, 5) is 0. The minimum atomic E-state index is -2.45. The predicted molar refractivity (Wildman–Crippen MR) is 120 cm³/mol. The van der Waals surface area contributed by atoms with E-state index in [-0.39, 0.29) is 12.3 Å². The predicted octanol–water partition coefficient (Wildman–Crippen LogP) is 8.71. The van der Waals surface area contributed by atoms with Crippen molar-refractivity contribution < 1.29 is 8.78 Å². The summed E-state index contributed by atoms with van der Waals surface area (Å²) in [5, 5.41) is 0. The van der Waals surface area contributed by atoms with E-state index >= 15 is 0 Å². The number of halogens is 2. The molecule has 2 fully saturated rings. The van der Waals surface area contributed by atoms with E-state index < -0.39 is 11.8 Å². The first-order chi connectivity index (χ1) is 14.0. The van der Waals surface area contributed by atoms with Crippen LogP contribution < -0.4 is 0 Å². The highest BCUT2D eigenvalue weighted by Crippen LogP contribution is 2.45. The summed E-state index contributed by atoms with van der Waals surface area (Å²) in [6, 6.07) is 9.17. The number of rotatable bonds is 8. The fraction of sp³-hybridized carbons (Fsp3) is 0.704. The number of hydrogen-bond acceptors (Lipinski definition) is 0. The van der Waals surface area contributed by atoms with Gasteiger partial charge in [-0.25, -0.2) is 8.78 Å². The van der Waals surface area contributed by atoms with Crippen molar-refractivity contribution in [1.82, 2.24) is 0 Å². The number of allylic oxidation sites excluding steroid dienone is 2. The minimum absolute atomic E-state index is 0.123. The van der Waals surface area contributed by atoms with Crippen LogP contribution in [0.5, 0.6) is 0 Å². The topological polar surface area (TPSA) is 0 Å². The molecule has 0 spiro atoms. The van der Waals surface area contributed by atoms with E-state index in [1.807, 2.05) is 0 Å². The van der Waals surface area contributed by atoms with Gasteiger partial charge in [0, 0.05) is 12.3 Å². The maximum absolute atomic E-state index is 14.5. The van der Waals surface area contributed by atoms with Crippen LogP contribution in [0.2, 0.25) is 0 Å². The summed E-state index contributed by atoms with van der Waals surface area (Å²) in [5.74, 6) is -1.26. The van der Waals surface area contributed by atoms with Crippen LogP contribution in [0, 0.1) is 17.8 Å². The van der Waals surface area contributed by atoms with Crippen molar-refractivity contribution in [3.63, 3.8) is 0 Å². The van der Waals surface area contributed by atoms with Crippen LogP contribution in [0.4, 0.5) is 8.78 Å². The molecule has 2 atom stereocenters. The van der Waals surface area contributed by atoms with Crippen LogP contribution in [0.15, 0.2) is 36.4 Å². The molecule has 0 heterocycles. The molecule has 2 heteroatoms. The second-order valence-corrected chi connectivity index (χ2v) is 9.61. The zero-order valence-corrected chi connectivity index (χ0v) is 18.5. The molecule has 1 aromatic rings. The number of benzene rings is 1. The van der Waals surface area contributed by atoms with Crippen LogP contribution in [0.3, 0.4) is 0 Å². The van der Waals surface area contributed by atoms with E-state index in [0.29, 0.717) is 24.7 Å². The van der Waals surface area contributed by atoms with Gasteiger partial charge < -0.3 is 0 Å². The molecule has 0 N–H and O–H groups in total. The lowest BCUT2D eigenvalue weighted by Crippen LogP contribution is -2.35. The number of hydrogen-bond donors (Lipinski definition) is 0. The third-order valence-corrected chi connectivity index (χ3v) is 7.50. The van der Waals surface area contributed by atoms with Gasteiger partial charge in [-0.2, -0.15) is 0 Å². The van der Waals surface area contributed by atoms with E-state index in [2.05, 4.69) is 50.3 Å². The molecule has 3 rings (SSSR count). The van der Waals surface area contributed by atoms with E-state index in [1.165, 1.54) is 36.8 Å². The molecule has 0 radical (unpaired) electrons. The van der Waals surface area contributed by atoms with Crippen LogP contribution in [-0.4, -0.2) is 5.92 Å². The minimum Gasteiger partial charge on any atom is -0.207 e. The SMILES string of the molecule is CCCC1CCC(CC/C=C/C2CCC(c3ccc(CC)cc3)CC2)C(F)(F)C1. The van der Waals surface area contributed by atoms with Crippen molar-refractivity contribution in [2.45, 2.75) is 103 Å². The third kappa shape index (κ3) is 6.40. The Balaban J connectivity index is 1.38. The van der Waals surface area contributed by atoms with Gasteiger partial charge in [-0.3, -0.25) is 0 Å². The van der Waals surface area contributed by atoms with Crippen molar-refractivity contribution in [2.75, 3.05) is 0 Å². The molecule has 0 saturated heterocycles. The van der Waals surface area contributed by atoms with Gasteiger partial charge >= 0.3 is 0 Å². The average Bonchev–Trinajstić information content (AvgIpc) is 2.73. The summed E-state index contributed by atoms with van der Waals surface area (Å²) in [6.45, 7) is 4.30. The van der Waals surface area contributed by atoms with Crippen molar-refractivity contribution >= 4 is 0 Å². The second kappa shape index (κ2) is 10.7. The fourth-order valence-corrected chi connectivity index (χ4v) is 5.57. The molecule has 1 aromatic carbocycles. The molecule has 0 aromatic heterocycles. The second-order valence-electron chi connectivity index (χ2n) is 9.61. The van der Waals surface area contributed by atoms with Gasteiger partial charge in [0.25, 0.3) is 5.92 Å². The standard InChI is InChI=1S/C27H40F2/c1-3-7-23-14-19-26(27(28,29)20-23)9-6-5-8-22-12-17-25(18-13-22)24-15-10-21(4-2)11-16-24/h5,8,10-11,15-16,22-23,25-26H,3-4,6-7,9,12-14,17-20H2,1-2H3/b8-5+. The average molecular weight is 403 g/mol. The maximum atomic E-state index is 14.5. The molecule has 2 saturated carbocycles. The highest BCUT2D eigenvalue weighted by atomic mass is 19.3. The molecule has 2 unspecified atom stereocenters. The molecular formula is C27H40F2. The van der Waals surface area contributed by atoms with Crippen LogP contribution >= 0.6 is 0 Å². The summed E-state index contributed by atoms with van der Waals surface area (Å²) < 4.78 is 28.9. The molecule has 0 aliphatic heterocycles. The smallest absolute Gasteiger partial charge is 0.207 e. The molecular weight excluding hydrogens is 362 g/mol. The monoisotopic (exact) mass is 402 g/mol. The van der Waals surface area contributed by atoms with Gasteiger partial charge in [-0.15, -0.1) is 0 Å². The van der Waals surface area contributed by atoms with Crippen molar-refractivity contribution in [3.05, 3.63) is 47.5 Å². The lowest BCUT2D eigenvalue weighted by molar-refractivity contribution is -0.105. The summed E-state index contributed by atoms with van der Waals surface area (Å²) in [5.41, 5.74) is 2.90. The van der Waals surface area contributed by atoms with E-state index in [9.17, 15) is 8.78 Å². The van der Waals surface area contributed by atoms with Gasteiger partial charge in [0.15, 0.2) is 0 Å². The lowest BCUT2D eigenvalue weighted by atomic mass is 9.75. The van der Waals surface area contributed by atoms with Crippen molar-refractivity contribution in [2.24, 2.45) is 17.8 Å². The first kappa shape index (κ1) is 22.5. The summed E-state index contributed by atoms with van der Waals surface area (Å²) >= 11 is 0. The number of alkyl halides is 2. The zero-order valence-electron chi connectivity index (χ0n) is 18.5. The molecule has 29 heavy (non-hydrogen) atoms. The Morgan fingerprint density at radius 1 is 0.931 bits per heavy atom. The Morgan fingerprint density at radius 2 is 1.66 bits per heavy atom. The van der Waals surface area contributed by atoms with E-state index in [1.54, 1.807) is 0 Å². The van der Waals surface area contributed by atoms with E-state index in [0.717, 1.165) is 32.1 Å². The van der Waals surface area contributed by atoms with Gasteiger partial charge in [0.1, 0.15) is 0 Å². The van der Waals surface area contributed by atoms with Crippen LogP contribution in [-0.2, 0) is 6.42 Å². The zero-order chi connectivity index (χ0) is 20.7. The molecule has 0 amide bonds. The van der Waals surface area contributed by atoms with Crippen LogP contribution in [0.1, 0.15) is 102 Å². The largest absolute Gasteiger partial charge is 0.251 e. The molecule has 162 valence electrons. The summed E-state index contributed by atoms with van der Waals surface area (Å²) in [6.07, 6.45) is 15.9. The molecule has 2 aliphatic rings. The van der Waals surface area contributed by atoms with Gasteiger partial charge in [-0.1, -0.05) is 63.1 Å². The summed E-state index contributed by atoms with van der Waals surface area (Å²) in [7, 11) is 0. The lowest BCUT2D eigenvalue weighted by Gasteiger charge is -2.36. The van der Waals surface area contributed by atoms with Crippen molar-refractivity contribution in [3.8, 4) is 0 Å². The Labute approximate surface area is 177 Å². The Kier molecular flexibility index (Phi) is 8.33. The fourth-order valence-electron chi connectivity index (χ4n) is 5.57. The molecule has 0 bridgehead atoms. The highest BCUT2D eigenvalue weighted by molar-refractivity contribution is 5.25. The third-order valence-electron chi connectivity index (χ3n) is 7.50.